The molecule has 0 N–H and O–H groups in total. The van der Waals surface area contributed by atoms with Gasteiger partial charge in [0, 0.05) is 31.1 Å². The Morgan fingerprint density at radius 2 is 1.35 bits per heavy atom. The van der Waals surface area contributed by atoms with E-state index < -0.39 is 0 Å². The van der Waals surface area contributed by atoms with E-state index in [2.05, 4.69) is 68.9 Å². The molecule has 7 aliphatic rings. The molecule has 0 aromatic carbocycles. The number of fused-ring (bicyclic) bond motifs is 3. The van der Waals surface area contributed by atoms with Crippen LogP contribution in [0.25, 0.3) is 0 Å². The molecule has 0 aromatic heterocycles. The van der Waals surface area contributed by atoms with E-state index in [1.165, 1.54) is 32.1 Å². The van der Waals surface area contributed by atoms with Gasteiger partial charge in [-0.05, 0) is 152 Å². The normalized spacial score (nSPS) is 44.6. The fourth-order valence-electron chi connectivity index (χ4n) is 13.3. The fraction of sp³-hybridized carbons (Fsp3) is 0.867. The molecule has 0 radical (unpaired) electrons. The van der Waals surface area contributed by atoms with Crippen LogP contribution in [0.1, 0.15) is 147 Å². The average Bonchev–Trinajstić information content (AvgIpc) is 3.67. The molecule has 7 aliphatic carbocycles. The summed E-state index contributed by atoms with van der Waals surface area (Å²) in [6, 6.07) is 0. The number of aldehydes is 1. The standard InChI is InChI=1S/2C15H24O2.C15H24/c1-9-5-8-12(17)13(9)14-11(15(14,3)4)7-6-10(2)16;1-9-5-6-11(10(2)17)13(9)14-12(7-8-16)15(14,3)4;1-9-6-8-12-14(15(12,3)4)13-10(2)5-7-11(9)13/h9,11,13-14H,5-8H2,1-4H3;8-9,11-14H,5-7H2,1-4H3;10-14H,1,5-8H2,2-4H3/t9-,11-,13-,14-;9-,11+,12-,13-,14-;10-,11+,12-,13-,14-/m111/s1. The number of ketones is 3. The van der Waals surface area contributed by atoms with E-state index in [0.29, 0.717) is 71.2 Å². The first-order chi connectivity index (χ1) is 22.8. The highest BCUT2D eigenvalue weighted by atomic mass is 16.1. The van der Waals surface area contributed by atoms with Gasteiger partial charge in [0.25, 0.3) is 0 Å². The number of carbonyl (C=O) groups is 4. The third kappa shape index (κ3) is 7.25. The van der Waals surface area contributed by atoms with E-state index in [4.69, 9.17) is 0 Å². The van der Waals surface area contributed by atoms with Crippen LogP contribution >= 0.6 is 0 Å². The highest BCUT2D eigenvalue weighted by molar-refractivity contribution is 5.84. The smallest absolute Gasteiger partial charge is 0.136 e. The van der Waals surface area contributed by atoms with Crippen LogP contribution < -0.4 is 0 Å². The largest absolute Gasteiger partial charge is 0.303 e. The van der Waals surface area contributed by atoms with Crippen molar-refractivity contribution in [2.45, 2.75) is 147 Å². The Labute approximate surface area is 300 Å². The molecular formula is C45H72O4. The molecule has 0 aliphatic heterocycles. The van der Waals surface area contributed by atoms with Crippen LogP contribution in [0.15, 0.2) is 12.2 Å². The predicted octanol–water partition coefficient (Wildman–Crippen LogP) is 10.6. The quantitative estimate of drug-likeness (QED) is 0.190. The van der Waals surface area contributed by atoms with Gasteiger partial charge in [-0.15, -0.1) is 0 Å². The summed E-state index contributed by atoms with van der Waals surface area (Å²) in [5.74, 6) is 10.4. The summed E-state index contributed by atoms with van der Waals surface area (Å²) in [5, 5.41) is 0. The Bertz CT molecular complexity index is 1280. The molecule has 7 saturated carbocycles. The van der Waals surface area contributed by atoms with Gasteiger partial charge in [0.05, 0.1) is 0 Å². The minimum Gasteiger partial charge on any atom is -0.303 e. The van der Waals surface area contributed by atoms with Gasteiger partial charge in [0.2, 0.25) is 0 Å². The minimum atomic E-state index is 0.255. The summed E-state index contributed by atoms with van der Waals surface area (Å²) in [5.41, 5.74) is 2.78. The molecule has 276 valence electrons. The van der Waals surface area contributed by atoms with Gasteiger partial charge in [-0.3, -0.25) is 9.59 Å². The van der Waals surface area contributed by atoms with Crippen molar-refractivity contribution in [2.75, 3.05) is 0 Å². The highest BCUT2D eigenvalue weighted by Gasteiger charge is 2.65. The summed E-state index contributed by atoms with van der Waals surface area (Å²) >= 11 is 0. The summed E-state index contributed by atoms with van der Waals surface area (Å²) in [6.45, 7) is 28.8. The first-order valence-electron chi connectivity index (χ1n) is 20.4. The molecule has 7 fully saturated rings. The number of allylic oxidation sites excluding steroid dienone is 1. The second-order valence-electron chi connectivity index (χ2n) is 20.3. The molecule has 0 bridgehead atoms. The molecule has 4 nitrogen and oxygen atoms in total. The number of rotatable bonds is 8. The SMILES string of the molecule is C=C1CC[C@@H]2[C@H]([C@@H]3[C@H](C)CC[C@@H]13)C2(C)C.CC(=O)CC[C@@H]1[C@H]([C@H]2C(=O)CC[C@H]2C)C1(C)C.CC(=O)[C@@H]1CC[C@@H](C)[C@H]1[C@H]1[C@@H](CC=O)C1(C)C. The molecule has 0 spiro atoms. The van der Waals surface area contributed by atoms with Crippen molar-refractivity contribution in [3.63, 3.8) is 0 Å². The molecule has 14 atom stereocenters. The first-order valence-corrected chi connectivity index (χ1v) is 20.4. The van der Waals surface area contributed by atoms with E-state index in [-0.39, 0.29) is 28.4 Å². The topological polar surface area (TPSA) is 68.3 Å². The third-order valence-electron chi connectivity index (χ3n) is 16.6. The van der Waals surface area contributed by atoms with Gasteiger partial charge in [-0.2, -0.15) is 0 Å². The van der Waals surface area contributed by atoms with Crippen LogP contribution in [0.2, 0.25) is 0 Å². The Balaban J connectivity index is 0.000000144. The van der Waals surface area contributed by atoms with Gasteiger partial charge >= 0.3 is 0 Å². The van der Waals surface area contributed by atoms with Crippen LogP contribution in [0.3, 0.4) is 0 Å². The lowest BCUT2D eigenvalue weighted by atomic mass is 9.80. The monoisotopic (exact) mass is 677 g/mol. The molecule has 0 heterocycles. The average molecular weight is 677 g/mol. The van der Waals surface area contributed by atoms with Crippen LogP contribution in [0.5, 0.6) is 0 Å². The molecule has 0 unspecified atom stereocenters. The van der Waals surface area contributed by atoms with E-state index >= 15 is 0 Å². The summed E-state index contributed by atoms with van der Waals surface area (Å²) in [7, 11) is 0. The van der Waals surface area contributed by atoms with E-state index in [0.717, 1.165) is 61.6 Å². The van der Waals surface area contributed by atoms with Crippen molar-refractivity contribution in [1.29, 1.82) is 0 Å². The first kappa shape index (κ1) is 38.6. The zero-order chi connectivity index (χ0) is 36.4. The lowest BCUT2D eigenvalue weighted by molar-refractivity contribution is -0.123. The van der Waals surface area contributed by atoms with Gasteiger partial charge < -0.3 is 9.59 Å². The van der Waals surface area contributed by atoms with Crippen molar-refractivity contribution >= 4 is 23.6 Å². The molecule has 7 rings (SSSR count). The molecule has 4 heteroatoms. The fourth-order valence-corrected chi connectivity index (χ4v) is 13.3. The minimum absolute atomic E-state index is 0.255. The number of hydrogen-bond acceptors (Lipinski definition) is 4. The molecule has 0 aromatic rings. The number of hydrogen-bond donors (Lipinski definition) is 0. The summed E-state index contributed by atoms with van der Waals surface area (Å²) in [4.78, 5) is 45.5. The van der Waals surface area contributed by atoms with Gasteiger partial charge in [-0.25, -0.2) is 0 Å². The number of Topliss-reactive ketones (excluding diaryl/α,β-unsaturated/α-hetero) is 3. The van der Waals surface area contributed by atoms with E-state index in [9.17, 15) is 19.2 Å². The Hall–Kier alpha value is -1.58. The summed E-state index contributed by atoms with van der Waals surface area (Å²) in [6.07, 6.45) is 13.1. The maximum absolute atomic E-state index is 12.0. The molecule has 0 saturated heterocycles. The van der Waals surface area contributed by atoms with Crippen molar-refractivity contribution in [1.82, 2.24) is 0 Å². The van der Waals surface area contributed by atoms with Crippen LogP contribution in [0.4, 0.5) is 0 Å². The summed E-state index contributed by atoms with van der Waals surface area (Å²) < 4.78 is 0. The number of carbonyl (C=O) groups excluding carboxylic acids is 4. The Morgan fingerprint density at radius 3 is 1.92 bits per heavy atom. The van der Waals surface area contributed by atoms with Crippen molar-refractivity contribution in [3.05, 3.63) is 12.2 Å². The molecule has 0 amide bonds. The predicted molar refractivity (Wildman–Crippen MR) is 200 cm³/mol. The molecular weight excluding hydrogens is 604 g/mol. The van der Waals surface area contributed by atoms with Crippen LogP contribution in [-0.2, 0) is 19.2 Å². The van der Waals surface area contributed by atoms with Gasteiger partial charge in [-0.1, -0.05) is 74.5 Å². The third-order valence-corrected chi connectivity index (χ3v) is 16.6. The van der Waals surface area contributed by atoms with Crippen molar-refractivity contribution in [2.24, 2.45) is 99.1 Å². The highest BCUT2D eigenvalue weighted by Crippen LogP contribution is 2.71. The Kier molecular flexibility index (Phi) is 11.1. The second kappa shape index (κ2) is 14.1. The van der Waals surface area contributed by atoms with Crippen molar-refractivity contribution < 1.29 is 19.2 Å². The zero-order valence-electron chi connectivity index (χ0n) is 33.3. The second-order valence-corrected chi connectivity index (χ2v) is 20.3. The van der Waals surface area contributed by atoms with Crippen LogP contribution in [0, 0.1) is 99.1 Å². The lowest BCUT2D eigenvalue weighted by Gasteiger charge is -2.25. The van der Waals surface area contributed by atoms with E-state index in [1.807, 2.05) is 0 Å². The van der Waals surface area contributed by atoms with Crippen LogP contribution in [-0.4, -0.2) is 23.6 Å². The van der Waals surface area contributed by atoms with Gasteiger partial charge in [0.1, 0.15) is 23.6 Å². The van der Waals surface area contributed by atoms with Gasteiger partial charge in [0.15, 0.2) is 0 Å². The maximum Gasteiger partial charge on any atom is 0.136 e. The lowest BCUT2D eigenvalue weighted by Crippen LogP contribution is -2.23. The maximum atomic E-state index is 12.0. The van der Waals surface area contributed by atoms with Crippen molar-refractivity contribution in [3.8, 4) is 0 Å². The molecule has 49 heavy (non-hydrogen) atoms. The zero-order valence-corrected chi connectivity index (χ0v) is 33.3. The van der Waals surface area contributed by atoms with E-state index in [1.54, 1.807) is 19.4 Å². The Morgan fingerprint density at radius 1 is 0.735 bits per heavy atom.